The fraction of sp³-hybridized carbons (Fsp3) is 0.440. The third-order valence-corrected chi connectivity index (χ3v) is 7.61. The number of hydrogen-bond acceptors (Lipinski definition) is 9. The van der Waals surface area contributed by atoms with Crippen LogP contribution in [-0.4, -0.2) is 56.9 Å². The first-order valence-corrected chi connectivity index (χ1v) is 13.7. The van der Waals surface area contributed by atoms with Gasteiger partial charge >= 0.3 is 0 Å². The van der Waals surface area contributed by atoms with Gasteiger partial charge in [0.2, 0.25) is 0 Å². The molecule has 0 bridgehead atoms. The second-order valence-electron chi connectivity index (χ2n) is 8.41. The molecule has 0 N–H and O–H groups in total. The average Bonchev–Trinajstić information content (AvgIpc) is 3.23. The van der Waals surface area contributed by atoms with E-state index in [-0.39, 0.29) is 25.4 Å². The standard InChI is InChI=1S/C25H30ClN3O7S/c1-5-13-37(30,31)35-12-11-21-25-28-27-22(15-32-2)29(25)19-10-9-16(26)14-18(19)23(36-21)17-7-6-8-20(33-3)24(17)34-4/h6-10,14,21,23H,5,11-13,15H2,1-4H3/t21?,23-/m1/s1. The van der Waals surface area contributed by atoms with Crippen LogP contribution in [0.1, 0.15) is 54.7 Å². The van der Waals surface area contributed by atoms with Gasteiger partial charge in [-0.05, 0) is 30.7 Å². The molecule has 2 heterocycles. The van der Waals surface area contributed by atoms with Gasteiger partial charge < -0.3 is 18.9 Å². The largest absolute Gasteiger partial charge is 0.493 e. The molecule has 1 aromatic heterocycles. The maximum atomic E-state index is 12.2. The zero-order valence-electron chi connectivity index (χ0n) is 21.1. The molecule has 10 nitrogen and oxygen atoms in total. The summed E-state index contributed by atoms with van der Waals surface area (Å²) >= 11 is 6.45. The number of ether oxygens (including phenoxy) is 4. The van der Waals surface area contributed by atoms with Gasteiger partial charge in [-0.3, -0.25) is 8.75 Å². The molecule has 3 aromatic rings. The number of halogens is 1. The van der Waals surface area contributed by atoms with Crippen molar-refractivity contribution >= 4 is 21.7 Å². The van der Waals surface area contributed by atoms with Crippen LogP contribution < -0.4 is 9.47 Å². The van der Waals surface area contributed by atoms with Crippen LogP contribution in [0, 0.1) is 0 Å². The fourth-order valence-corrected chi connectivity index (χ4v) is 5.56. The lowest BCUT2D eigenvalue weighted by Crippen LogP contribution is -2.17. The molecule has 0 aliphatic carbocycles. The number of methoxy groups -OCH3 is 3. The van der Waals surface area contributed by atoms with Crippen LogP contribution in [0.25, 0.3) is 5.69 Å². The molecule has 200 valence electrons. The van der Waals surface area contributed by atoms with Crippen molar-refractivity contribution in [2.75, 3.05) is 33.7 Å². The Labute approximate surface area is 221 Å². The molecule has 0 spiro atoms. The second kappa shape index (κ2) is 11.8. The van der Waals surface area contributed by atoms with Crippen LogP contribution in [0.15, 0.2) is 36.4 Å². The third kappa shape index (κ3) is 5.75. The molecule has 12 heteroatoms. The summed E-state index contributed by atoms with van der Waals surface area (Å²) in [5.74, 6) is 2.06. The summed E-state index contributed by atoms with van der Waals surface area (Å²) in [6, 6.07) is 11.0. The first-order chi connectivity index (χ1) is 17.8. The van der Waals surface area contributed by atoms with Crippen molar-refractivity contribution in [2.45, 2.75) is 38.6 Å². The van der Waals surface area contributed by atoms with E-state index in [0.29, 0.717) is 40.2 Å². The highest BCUT2D eigenvalue weighted by molar-refractivity contribution is 7.86. The second-order valence-corrected chi connectivity index (χ2v) is 10.6. The van der Waals surface area contributed by atoms with Gasteiger partial charge in [-0.15, -0.1) is 10.2 Å². The number of para-hydroxylation sites is 1. The molecule has 1 aliphatic rings. The van der Waals surface area contributed by atoms with Gasteiger partial charge in [0.15, 0.2) is 23.1 Å². The lowest BCUT2D eigenvalue weighted by Gasteiger charge is -2.25. The lowest BCUT2D eigenvalue weighted by atomic mass is 9.98. The van der Waals surface area contributed by atoms with E-state index in [1.165, 1.54) is 0 Å². The van der Waals surface area contributed by atoms with E-state index in [1.807, 2.05) is 28.8 Å². The van der Waals surface area contributed by atoms with Crippen molar-refractivity contribution in [3.63, 3.8) is 0 Å². The molecule has 4 rings (SSSR count). The highest BCUT2D eigenvalue weighted by Crippen LogP contribution is 2.46. The van der Waals surface area contributed by atoms with Crippen molar-refractivity contribution in [1.82, 2.24) is 14.8 Å². The summed E-state index contributed by atoms with van der Waals surface area (Å²) in [6.07, 6.45) is -0.668. The Morgan fingerprint density at radius 3 is 2.59 bits per heavy atom. The first-order valence-electron chi connectivity index (χ1n) is 11.8. The van der Waals surface area contributed by atoms with Crippen LogP contribution >= 0.6 is 11.6 Å². The van der Waals surface area contributed by atoms with Gasteiger partial charge in [-0.25, -0.2) is 0 Å². The molecule has 0 saturated heterocycles. The average molecular weight is 552 g/mol. The lowest BCUT2D eigenvalue weighted by molar-refractivity contribution is -0.00777. The van der Waals surface area contributed by atoms with Gasteiger partial charge in [0, 0.05) is 29.7 Å². The fourth-order valence-electron chi connectivity index (χ4n) is 4.41. The summed E-state index contributed by atoms with van der Waals surface area (Å²) in [5.41, 5.74) is 2.22. The van der Waals surface area contributed by atoms with Crippen LogP contribution in [0.5, 0.6) is 11.5 Å². The SMILES string of the molecule is CCCS(=O)(=O)OCCC1O[C@H](c2cccc(OC)c2OC)c2cc(Cl)ccc2-n2c(COC)nnc21. The maximum absolute atomic E-state index is 12.2. The molecule has 0 radical (unpaired) electrons. The van der Waals surface area contributed by atoms with Crippen molar-refractivity contribution in [2.24, 2.45) is 0 Å². The maximum Gasteiger partial charge on any atom is 0.267 e. The first kappa shape index (κ1) is 27.3. The number of fused-ring (bicyclic) bond motifs is 3. The van der Waals surface area contributed by atoms with Crippen LogP contribution in [0.4, 0.5) is 0 Å². The molecule has 37 heavy (non-hydrogen) atoms. The van der Waals surface area contributed by atoms with Crippen molar-refractivity contribution in [3.05, 3.63) is 64.2 Å². The quantitative estimate of drug-likeness (QED) is 0.320. The summed E-state index contributed by atoms with van der Waals surface area (Å²) in [7, 11) is 1.06. The van der Waals surface area contributed by atoms with Gasteiger partial charge in [0.1, 0.15) is 18.8 Å². The smallest absolute Gasteiger partial charge is 0.267 e. The zero-order valence-corrected chi connectivity index (χ0v) is 22.7. The van der Waals surface area contributed by atoms with E-state index in [9.17, 15) is 8.42 Å². The van der Waals surface area contributed by atoms with E-state index >= 15 is 0 Å². The van der Waals surface area contributed by atoms with Gasteiger partial charge in [-0.2, -0.15) is 8.42 Å². The molecule has 2 atom stereocenters. The van der Waals surface area contributed by atoms with E-state index in [2.05, 4.69) is 10.2 Å². The predicted molar refractivity (Wildman–Crippen MR) is 137 cm³/mol. The monoisotopic (exact) mass is 551 g/mol. The normalized spacial score (nSPS) is 17.1. The number of nitrogens with zero attached hydrogens (tertiary/aromatic N) is 3. The number of rotatable bonds is 11. The minimum atomic E-state index is -3.64. The zero-order chi connectivity index (χ0) is 26.6. The Morgan fingerprint density at radius 1 is 1.08 bits per heavy atom. The van der Waals surface area contributed by atoms with Crippen molar-refractivity contribution < 1.29 is 31.5 Å². The van der Waals surface area contributed by atoms with Crippen LogP contribution in [0.3, 0.4) is 0 Å². The molecule has 0 fully saturated rings. The highest BCUT2D eigenvalue weighted by atomic mass is 35.5. The minimum Gasteiger partial charge on any atom is -0.493 e. The van der Waals surface area contributed by atoms with Gasteiger partial charge in [0.25, 0.3) is 10.1 Å². The molecular formula is C25H30ClN3O7S. The Balaban J connectivity index is 1.85. The van der Waals surface area contributed by atoms with E-state index < -0.39 is 22.3 Å². The number of benzene rings is 2. The Hall–Kier alpha value is -2.70. The molecule has 1 aliphatic heterocycles. The molecular weight excluding hydrogens is 522 g/mol. The highest BCUT2D eigenvalue weighted by Gasteiger charge is 2.35. The van der Waals surface area contributed by atoms with Crippen LogP contribution in [-0.2, 0) is 30.4 Å². The summed E-state index contributed by atoms with van der Waals surface area (Å²) in [5, 5.41) is 9.24. The molecule has 0 amide bonds. The Morgan fingerprint density at radius 2 is 1.89 bits per heavy atom. The summed E-state index contributed by atoms with van der Waals surface area (Å²) < 4.78 is 54.7. The van der Waals surface area contributed by atoms with E-state index in [4.69, 9.17) is 34.7 Å². The summed E-state index contributed by atoms with van der Waals surface area (Å²) in [4.78, 5) is 0. The Bertz CT molecular complexity index is 1350. The van der Waals surface area contributed by atoms with E-state index in [0.717, 1.165) is 11.3 Å². The minimum absolute atomic E-state index is 0.0553. The molecule has 2 aromatic carbocycles. The third-order valence-electron chi connectivity index (χ3n) is 5.94. The van der Waals surface area contributed by atoms with Crippen molar-refractivity contribution in [1.29, 1.82) is 0 Å². The summed E-state index contributed by atoms with van der Waals surface area (Å²) in [6.45, 7) is 1.90. The number of aromatic nitrogens is 3. The Kier molecular flexibility index (Phi) is 8.71. The van der Waals surface area contributed by atoms with Crippen molar-refractivity contribution in [3.8, 4) is 17.2 Å². The van der Waals surface area contributed by atoms with Crippen LogP contribution in [0.2, 0.25) is 5.02 Å². The molecule has 0 saturated carbocycles. The van der Waals surface area contributed by atoms with Gasteiger partial charge in [0.05, 0.1) is 32.3 Å². The predicted octanol–water partition coefficient (Wildman–Crippen LogP) is 4.39. The number of hydrogen-bond donors (Lipinski definition) is 0. The van der Waals surface area contributed by atoms with Gasteiger partial charge in [-0.1, -0.05) is 30.7 Å². The van der Waals surface area contributed by atoms with E-state index in [1.54, 1.807) is 40.4 Å². The topological polar surface area (TPSA) is 111 Å². The molecule has 1 unspecified atom stereocenters.